The topological polar surface area (TPSA) is 104 Å². The molecule has 0 aromatic heterocycles. The first kappa shape index (κ1) is 24.2. The van der Waals surface area contributed by atoms with E-state index in [9.17, 15) is 22.8 Å². The van der Waals surface area contributed by atoms with E-state index in [0.29, 0.717) is 6.54 Å². The molecule has 0 radical (unpaired) electrons. The number of amides is 2. The van der Waals surface area contributed by atoms with E-state index in [-0.39, 0.29) is 55.4 Å². The van der Waals surface area contributed by atoms with Crippen LogP contribution in [0.3, 0.4) is 0 Å². The highest BCUT2D eigenvalue weighted by molar-refractivity contribution is 7.89. The first-order chi connectivity index (χ1) is 16.2. The smallest absolute Gasteiger partial charge is 0.311 e. The van der Waals surface area contributed by atoms with E-state index in [0.717, 1.165) is 10.8 Å². The lowest BCUT2D eigenvalue weighted by Gasteiger charge is -2.34. The summed E-state index contributed by atoms with van der Waals surface area (Å²) < 4.78 is 32.7. The van der Waals surface area contributed by atoms with Gasteiger partial charge in [0.15, 0.2) is 6.61 Å². The number of likely N-dealkylation sites (tertiary alicyclic amines) is 1. The number of nitrogens with zero attached hydrogens (tertiary/aromatic N) is 3. The second-order valence-electron chi connectivity index (χ2n) is 8.94. The molecule has 9 nitrogen and oxygen atoms in total. The van der Waals surface area contributed by atoms with Crippen molar-refractivity contribution in [1.29, 1.82) is 0 Å². The van der Waals surface area contributed by atoms with Crippen molar-refractivity contribution in [2.75, 3.05) is 39.3 Å². The monoisotopic (exact) mass is 487 g/mol. The van der Waals surface area contributed by atoms with Crippen LogP contribution in [0.15, 0.2) is 47.4 Å². The number of fused-ring (bicyclic) bond motifs is 1. The second kappa shape index (κ2) is 9.71. The van der Waals surface area contributed by atoms with Gasteiger partial charge in [-0.05, 0) is 36.8 Å². The van der Waals surface area contributed by atoms with Gasteiger partial charge in [-0.25, -0.2) is 8.42 Å². The summed E-state index contributed by atoms with van der Waals surface area (Å²) in [6.45, 7) is 4.41. The molecule has 1 unspecified atom stereocenters. The molecule has 2 aliphatic rings. The molecule has 34 heavy (non-hydrogen) atoms. The molecule has 2 heterocycles. The molecule has 0 bridgehead atoms. The Labute approximate surface area is 199 Å². The lowest BCUT2D eigenvalue weighted by molar-refractivity contribution is -0.155. The van der Waals surface area contributed by atoms with E-state index in [4.69, 9.17) is 4.74 Å². The molecule has 0 saturated carbocycles. The van der Waals surface area contributed by atoms with Gasteiger partial charge in [-0.2, -0.15) is 4.31 Å². The fraction of sp³-hybridized carbons (Fsp3) is 0.458. The average molecular weight is 488 g/mol. The predicted octanol–water partition coefficient (Wildman–Crippen LogP) is 1.47. The summed E-state index contributed by atoms with van der Waals surface area (Å²) in [5.41, 5.74) is 0. The van der Waals surface area contributed by atoms with E-state index in [2.05, 4.69) is 0 Å². The van der Waals surface area contributed by atoms with Gasteiger partial charge in [0, 0.05) is 45.2 Å². The van der Waals surface area contributed by atoms with E-state index in [1.54, 1.807) is 23.1 Å². The SMILES string of the molecule is CC(C)N1CC(C(=O)OCC(=O)N2CCN(S(=O)(=O)c3ccc4ccccc4c3)CC2)CC1=O. The molecule has 2 aromatic carbocycles. The van der Waals surface area contributed by atoms with Crippen LogP contribution in [-0.4, -0.2) is 85.7 Å². The highest BCUT2D eigenvalue weighted by atomic mass is 32.2. The fourth-order valence-electron chi connectivity index (χ4n) is 4.39. The van der Waals surface area contributed by atoms with Crippen LogP contribution in [0.4, 0.5) is 0 Å². The molecule has 2 amide bonds. The fourth-order valence-corrected chi connectivity index (χ4v) is 5.84. The predicted molar refractivity (Wildman–Crippen MR) is 125 cm³/mol. The molecule has 0 spiro atoms. The number of rotatable bonds is 6. The van der Waals surface area contributed by atoms with E-state index < -0.39 is 28.5 Å². The van der Waals surface area contributed by atoms with Crippen molar-refractivity contribution in [2.45, 2.75) is 31.2 Å². The minimum absolute atomic E-state index is 0.00844. The largest absolute Gasteiger partial charge is 0.455 e. The number of hydrogen-bond donors (Lipinski definition) is 0. The van der Waals surface area contributed by atoms with Crippen LogP contribution in [-0.2, 0) is 29.1 Å². The van der Waals surface area contributed by atoms with Crippen molar-refractivity contribution in [3.63, 3.8) is 0 Å². The van der Waals surface area contributed by atoms with Gasteiger partial charge >= 0.3 is 5.97 Å². The lowest BCUT2D eigenvalue weighted by Crippen LogP contribution is -2.51. The van der Waals surface area contributed by atoms with Crippen LogP contribution < -0.4 is 0 Å². The normalized spacial score (nSPS) is 19.7. The standard InChI is InChI=1S/C24H29N3O6S/c1-17(2)27-15-20(14-22(27)28)24(30)33-16-23(29)25-9-11-26(12-10-25)34(31,32)21-8-7-18-5-3-4-6-19(18)13-21/h3-8,13,17,20H,9-12,14-16H2,1-2H3. The Hall–Kier alpha value is -2.98. The molecule has 10 heteroatoms. The molecule has 182 valence electrons. The van der Waals surface area contributed by atoms with Crippen LogP contribution in [0.2, 0.25) is 0 Å². The minimum atomic E-state index is -3.68. The molecule has 0 aliphatic carbocycles. The number of sulfonamides is 1. The maximum absolute atomic E-state index is 13.1. The van der Waals surface area contributed by atoms with Gasteiger partial charge in [0.25, 0.3) is 5.91 Å². The first-order valence-corrected chi connectivity index (χ1v) is 12.8. The van der Waals surface area contributed by atoms with Crippen molar-refractivity contribution in [1.82, 2.24) is 14.1 Å². The number of carbonyl (C=O) groups is 3. The van der Waals surface area contributed by atoms with Crippen LogP contribution >= 0.6 is 0 Å². The summed E-state index contributed by atoms with van der Waals surface area (Å²) in [4.78, 5) is 40.2. The zero-order valence-corrected chi connectivity index (χ0v) is 20.2. The lowest BCUT2D eigenvalue weighted by atomic mass is 10.1. The number of carbonyl (C=O) groups excluding carboxylic acids is 3. The van der Waals surface area contributed by atoms with Crippen molar-refractivity contribution in [3.05, 3.63) is 42.5 Å². The van der Waals surface area contributed by atoms with Crippen molar-refractivity contribution in [3.8, 4) is 0 Å². The third-order valence-corrected chi connectivity index (χ3v) is 8.30. The van der Waals surface area contributed by atoms with Gasteiger partial charge in [-0.1, -0.05) is 30.3 Å². The minimum Gasteiger partial charge on any atom is -0.455 e. The number of esters is 1. The van der Waals surface area contributed by atoms with Crippen LogP contribution in [0.5, 0.6) is 0 Å². The molecule has 2 fully saturated rings. The zero-order valence-electron chi connectivity index (χ0n) is 19.3. The Balaban J connectivity index is 1.29. The van der Waals surface area contributed by atoms with Crippen molar-refractivity contribution < 1.29 is 27.5 Å². The highest BCUT2D eigenvalue weighted by Gasteiger charge is 2.37. The van der Waals surface area contributed by atoms with E-state index in [1.807, 2.05) is 38.1 Å². The Morgan fingerprint density at radius 1 is 1.03 bits per heavy atom. The number of hydrogen-bond acceptors (Lipinski definition) is 6. The molecule has 2 aromatic rings. The quantitative estimate of drug-likeness (QED) is 0.572. The molecule has 1 atom stereocenters. The van der Waals surface area contributed by atoms with E-state index >= 15 is 0 Å². The van der Waals surface area contributed by atoms with Crippen LogP contribution in [0, 0.1) is 5.92 Å². The number of piperazine rings is 1. The van der Waals surface area contributed by atoms with Crippen LogP contribution in [0.25, 0.3) is 10.8 Å². The Morgan fingerprint density at radius 3 is 2.35 bits per heavy atom. The third kappa shape index (κ3) is 4.92. The Kier molecular flexibility index (Phi) is 6.90. The number of ether oxygens (including phenoxy) is 1. The van der Waals surface area contributed by atoms with Crippen molar-refractivity contribution in [2.24, 2.45) is 5.92 Å². The Morgan fingerprint density at radius 2 is 1.71 bits per heavy atom. The maximum atomic E-state index is 13.1. The summed E-state index contributed by atoms with van der Waals surface area (Å²) in [6, 6.07) is 12.6. The molecular formula is C24H29N3O6S. The first-order valence-electron chi connectivity index (χ1n) is 11.4. The van der Waals surface area contributed by atoms with Gasteiger partial charge in [-0.3, -0.25) is 14.4 Å². The maximum Gasteiger partial charge on any atom is 0.311 e. The zero-order chi connectivity index (χ0) is 24.5. The summed E-state index contributed by atoms with van der Waals surface area (Å²) in [6.07, 6.45) is 0.0938. The number of benzene rings is 2. The molecule has 4 rings (SSSR count). The molecule has 2 aliphatic heterocycles. The van der Waals surface area contributed by atoms with Crippen molar-refractivity contribution >= 4 is 38.6 Å². The van der Waals surface area contributed by atoms with Crippen LogP contribution in [0.1, 0.15) is 20.3 Å². The van der Waals surface area contributed by atoms with Gasteiger partial charge in [0.1, 0.15) is 0 Å². The third-order valence-electron chi connectivity index (χ3n) is 6.40. The van der Waals surface area contributed by atoms with Gasteiger partial charge in [0.05, 0.1) is 10.8 Å². The summed E-state index contributed by atoms with van der Waals surface area (Å²) >= 11 is 0. The van der Waals surface area contributed by atoms with Gasteiger partial charge in [0.2, 0.25) is 15.9 Å². The molecule has 2 saturated heterocycles. The summed E-state index contributed by atoms with van der Waals surface area (Å²) in [5.74, 6) is -1.58. The summed E-state index contributed by atoms with van der Waals surface area (Å²) in [5, 5.41) is 1.81. The average Bonchev–Trinajstić information content (AvgIpc) is 3.24. The molecular weight excluding hydrogens is 458 g/mol. The summed E-state index contributed by atoms with van der Waals surface area (Å²) in [7, 11) is -3.68. The van der Waals surface area contributed by atoms with E-state index in [1.165, 1.54) is 9.21 Å². The van der Waals surface area contributed by atoms with Gasteiger partial charge < -0.3 is 14.5 Å². The molecule has 0 N–H and O–H groups in total. The second-order valence-corrected chi connectivity index (χ2v) is 10.9. The highest BCUT2D eigenvalue weighted by Crippen LogP contribution is 2.23. The van der Waals surface area contributed by atoms with Gasteiger partial charge in [-0.15, -0.1) is 0 Å². The Bertz CT molecular complexity index is 1200.